The highest BCUT2D eigenvalue weighted by molar-refractivity contribution is 6.30. The van der Waals surface area contributed by atoms with Gasteiger partial charge in [-0.3, -0.25) is 0 Å². The Labute approximate surface area is 118 Å². The second kappa shape index (κ2) is 6.73. The van der Waals surface area contributed by atoms with E-state index in [9.17, 15) is 0 Å². The van der Waals surface area contributed by atoms with Crippen molar-refractivity contribution in [2.24, 2.45) is 0 Å². The molecule has 0 saturated carbocycles. The first-order valence-corrected chi connectivity index (χ1v) is 7.09. The van der Waals surface area contributed by atoms with Gasteiger partial charge >= 0.3 is 0 Å². The van der Waals surface area contributed by atoms with E-state index in [1.807, 2.05) is 12.1 Å². The Bertz CT molecular complexity index is 525. The molecule has 19 heavy (non-hydrogen) atoms. The maximum absolute atomic E-state index is 5.91. The van der Waals surface area contributed by atoms with Gasteiger partial charge in [-0.15, -0.1) is 5.10 Å². The van der Waals surface area contributed by atoms with Crippen LogP contribution >= 0.6 is 11.6 Å². The van der Waals surface area contributed by atoms with Gasteiger partial charge in [0.25, 0.3) is 0 Å². The molecule has 0 aliphatic heterocycles. The second-order valence-corrected chi connectivity index (χ2v) is 4.88. The number of aromatic nitrogens is 3. The maximum atomic E-state index is 5.91. The Morgan fingerprint density at radius 3 is 2.89 bits per heavy atom. The lowest BCUT2D eigenvalue weighted by atomic mass is 10.4. The molecule has 0 aromatic carbocycles. The van der Waals surface area contributed by atoms with Crippen molar-refractivity contribution in [1.29, 1.82) is 0 Å². The summed E-state index contributed by atoms with van der Waals surface area (Å²) in [5.41, 5.74) is 0.799. The van der Waals surface area contributed by atoms with E-state index in [4.69, 9.17) is 11.6 Å². The van der Waals surface area contributed by atoms with Crippen molar-refractivity contribution in [3.63, 3.8) is 0 Å². The van der Waals surface area contributed by atoms with Crippen LogP contribution < -0.4 is 5.32 Å². The number of likely N-dealkylation sites (N-methyl/N-ethyl adjacent to an activating group) is 1. The Hall–Kier alpha value is -1.33. The number of nitrogens with one attached hydrogen (secondary N) is 1. The van der Waals surface area contributed by atoms with Crippen LogP contribution in [0.25, 0.3) is 5.65 Å². The lowest BCUT2D eigenvalue weighted by Gasteiger charge is -2.19. The topological polar surface area (TPSA) is 45.5 Å². The third-order valence-electron chi connectivity index (χ3n) is 2.99. The molecule has 2 aromatic rings. The molecule has 0 fully saturated rings. The lowest BCUT2D eigenvalue weighted by Crippen LogP contribution is -2.29. The molecule has 0 atom stereocenters. The van der Waals surface area contributed by atoms with Crippen molar-refractivity contribution >= 4 is 23.2 Å². The van der Waals surface area contributed by atoms with E-state index in [-0.39, 0.29) is 0 Å². The van der Waals surface area contributed by atoms with Gasteiger partial charge in [0.05, 0.1) is 5.02 Å². The summed E-state index contributed by atoms with van der Waals surface area (Å²) in [6.07, 6.45) is 2.93. The van der Waals surface area contributed by atoms with Crippen molar-refractivity contribution in [3.8, 4) is 0 Å². The molecule has 0 saturated heterocycles. The first kappa shape index (κ1) is 14.1. The van der Waals surface area contributed by atoms with Crippen LogP contribution in [0, 0.1) is 0 Å². The first-order chi connectivity index (χ1) is 9.22. The van der Waals surface area contributed by atoms with Gasteiger partial charge < -0.3 is 10.2 Å². The molecule has 0 unspecified atom stereocenters. The Balaban J connectivity index is 1.91. The van der Waals surface area contributed by atoms with Crippen LogP contribution in [0.3, 0.4) is 0 Å². The van der Waals surface area contributed by atoms with Gasteiger partial charge in [0, 0.05) is 19.3 Å². The van der Waals surface area contributed by atoms with Crippen LogP contribution in [0.15, 0.2) is 18.3 Å². The van der Waals surface area contributed by atoms with Crippen LogP contribution in [0.1, 0.15) is 20.3 Å². The summed E-state index contributed by atoms with van der Waals surface area (Å²) in [6.45, 7) is 8.43. The van der Waals surface area contributed by atoms with Crippen molar-refractivity contribution in [2.75, 3.05) is 31.5 Å². The fourth-order valence-corrected chi connectivity index (χ4v) is 2.16. The van der Waals surface area contributed by atoms with Gasteiger partial charge in [-0.25, -0.2) is 4.52 Å². The quantitative estimate of drug-likeness (QED) is 0.847. The predicted molar refractivity (Wildman–Crippen MR) is 78.9 cm³/mol. The summed E-state index contributed by atoms with van der Waals surface area (Å²) in [5.74, 6) is 0.648. The smallest absolute Gasteiger partial charge is 0.243 e. The maximum Gasteiger partial charge on any atom is 0.243 e. The van der Waals surface area contributed by atoms with Crippen molar-refractivity contribution < 1.29 is 0 Å². The predicted octanol–water partition coefficient (Wildman–Crippen LogP) is 2.53. The minimum absolute atomic E-state index is 0.648. The van der Waals surface area contributed by atoms with Crippen LogP contribution in [0.2, 0.25) is 5.02 Å². The molecule has 0 bridgehead atoms. The van der Waals surface area contributed by atoms with Gasteiger partial charge in [0.2, 0.25) is 5.95 Å². The van der Waals surface area contributed by atoms with Gasteiger partial charge in [-0.2, -0.15) is 4.98 Å². The highest BCUT2D eigenvalue weighted by atomic mass is 35.5. The van der Waals surface area contributed by atoms with Gasteiger partial charge in [-0.1, -0.05) is 25.4 Å². The molecule has 0 spiro atoms. The zero-order valence-electron chi connectivity index (χ0n) is 11.4. The molecule has 0 aliphatic carbocycles. The molecule has 0 radical (unpaired) electrons. The first-order valence-electron chi connectivity index (χ1n) is 6.71. The zero-order valence-corrected chi connectivity index (χ0v) is 12.2. The Morgan fingerprint density at radius 1 is 1.32 bits per heavy atom. The number of rotatable bonds is 7. The average molecular weight is 282 g/mol. The third-order valence-corrected chi connectivity index (χ3v) is 3.22. The summed E-state index contributed by atoms with van der Waals surface area (Å²) in [5, 5.41) is 8.24. The average Bonchev–Trinajstić information content (AvgIpc) is 2.79. The largest absolute Gasteiger partial charge is 0.352 e. The number of nitrogens with zero attached hydrogens (tertiary/aromatic N) is 4. The molecule has 2 heterocycles. The van der Waals surface area contributed by atoms with E-state index in [1.165, 1.54) is 6.42 Å². The molecule has 0 aliphatic rings. The van der Waals surface area contributed by atoms with Gasteiger partial charge in [-0.05, 0) is 31.6 Å². The zero-order chi connectivity index (χ0) is 13.7. The highest BCUT2D eigenvalue weighted by Crippen LogP contribution is 2.11. The minimum Gasteiger partial charge on any atom is -0.352 e. The van der Waals surface area contributed by atoms with Crippen LogP contribution in [-0.2, 0) is 0 Å². The molecule has 1 N–H and O–H groups in total. The molecule has 2 rings (SSSR count). The van der Waals surface area contributed by atoms with Gasteiger partial charge in [0.1, 0.15) is 0 Å². The number of halogens is 1. The number of anilines is 1. The fraction of sp³-hybridized carbons (Fsp3) is 0.538. The number of fused-ring (bicyclic) bond motifs is 1. The number of hydrogen-bond donors (Lipinski definition) is 1. The van der Waals surface area contributed by atoms with E-state index in [0.717, 1.165) is 31.8 Å². The molecule has 2 aromatic heterocycles. The standard InChI is InChI=1S/C13H20ClN5/c1-3-8-18(4-2)9-7-15-13-16-12-6-5-11(14)10-19(12)17-13/h5-6,10H,3-4,7-9H2,1-2H3,(H,15,17). The lowest BCUT2D eigenvalue weighted by molar-refractivity contribution is 0.300. The molecular weight excluding hydrogens is 262 g/mol. The highest BCUT2D eigenvalue weighted by Gasteiger charge is 2.04. The minimum atomic E-state index is 0.648. The molecule has 5 nitrogen and oxygen atoms in total. The SMILES string of the molecule is CCCN(CC)CCNc1nc2ccc(Cl)cn2n1. The normalized spacial score (nSPS) is 11.4. The fourth-order valence-electron chi connectivity index (χ4n) is 2.00. The number of hydrogen-bond acceptors (Lipinski definition) is 4. The third kappa shape index (κ3) is 3.81. The number of pyridine rings is 1. The summed E-state index contributed by atoms with van der Waals surface area (Å²) in [6, 6.07) is 3.67. The van der Waals surface area contributed by atoms with Crippen molar-refractivity contribution in [3.05, 3.63) is 23.4 Å². The van der Waals surface area contributed by atoms with E-state index in [2.05, 4.69) is 34.1 Å². The monoisotopic (exact) mass is 281 g/mol. The van der Waals surface area contributed by atoms with E-state index in [1.54, 1.807) is 10.7 Å². The molecular formula is C13H20ClN5. The van der Waals surface area contributed by atoms with Gasteiger partial charge in [0.15, 0.2) is 5.65 Å². The summed E-state index contributed by atoms with van der Waals surface area (Å²) < 4.78 is 1.69. The van der Waals surface area contributed by atoms with Crippen molar-refractivity contribution in [1.82, 2.24) is 19.5 Å². The second-order valence-electron chi connectivity index (χ2n) is 4.45. The molecule has 104 valence electrons. The summed E-state index contributed by atoms with van der Waals surface area (Å²) in [4.78, 5) is 6.79. The van der Waals surface area contributed by atoms with E-state index >= 15 is 0 Å². The molecule has 0 amide bonds. The van der Waals surface area contributed by atoms with Crippen molar-refractivity contribution in [2.45, 2.75) is 20.3 Å². The Morgan fingerprint density at radius 2 is 2.16 bits per heavy atom. The summed E-state index contributed by atoms with van der Waals surface area (Å²) >= 11 is 5.91. The van der Waals surface area contributed by atoms with Crippen LogP contribution in [0.4, 0.5) is 5.95 Å². The van der Waals surface area contributed by atoms with E-state index in [0.29, 0.717) is 11.0 Å². The molecule has 6 heteroatoms. The van der Waals surface area contributed by atoms with E-state index < -0.39 is 0 Å². The van der Waals surface area contributed by atoms with Crippen LogP contribution in [0.5, 0.6) is 0 Å². The summed E-state index contributed by atoms with van der Waals surface area (Å²) in [7, 11) is 0. The Kier molecular flexibility index (Phi) is 4.99. The van der Waals surface area contributed by atoms with Crippen LogP contribution in [-0.4, -0.2) is 45.7 Å².